The molecule has 0 spiro atoms. The molecule has 0 saturated carbocycles. The summed E-state index contributed by atoms with van der Waals surface area (Å²) >= 11 is -1.55. The SMILES string of the molecule is CC(C)(CC(=O)N[S+]([O-])CCCC(=O)NCCOCCOCC=O)CC(C)(C)c1nnn[nH]1. The van der Waals surface area contributed by atoms with Gasteiger partial charge in [-0.25, -0.2) is 5.10 Å². The summed E-state index contributed by atoms with van der Waals surface area (Å²) in [4.78, 5) is 34.2. The number of aldehydes is 1. The Bertz CT molecular complexity index is 716. The first-order chi connectivity index (χ1) is 15.6. The normalized spacial score (nSPS) is 12.9. The molecule has 0 aromatic carbocycles. The van der Waals surface area contributed by atoms with Gasteiger partial charge in [0.15, 0.2) is 5.82 Å². The molecule has 1 rings (SSSR count). The van der Waals surface area contributed by atoms with Crippen LogP contribution in [0.2, 0.25) is 0 Å². The number of hydrogen-bond acceptors (Lipinski definition) is 9. The summed E-state index contributed by atoms with van der Waals surface area (Å²) < 4.78 is 24.8. The first-order valence-corrected chi connectivity index (χ1v) is 12.2. The van der Waals surface area contributed by atoms with E-state index in [0.717, 1.165) is 0 Å². The molecule has 1 atom stereocenters. The van der Waals surface area contributed by atoms with Gasteiger partial charge in [0.05, 0.1) is 31.2 Å². The third-order valence-electron chi connectivity index (χ3n) is 4.63. The number of carbonyl (C=O) groups is 3. The zero-order valence-electron chi connectivity index (χ0n) is 19.8. The van der Waals surface area contributed by atoms with Gasteiger partial charge in [0.25, 0.3) is 5.91 Å². The van der Waals surface area contributed by atoms with E-state index in [0.29, 0.717) is 51.3 Å². The number of aromatic nitrogens is 4. The summed E-state index contributed by atoms with van der Waals surface area (Å²) in [7, 11) is 0. The van der Waals surface area contributed by atoms with Crippen molar-refractivity contribution in [3.8, 4) is 0 Å². The van der Waals surface area contributed by atoms with Crippen molar-refractivity contribution in [1.29, 1.82) is 0 Å². The Morgan fingerprint density at radius 2 is 1.88 bits per heavy atom. The van der Waals surface area contributed by atoms with Crippen LogP contribution in [0, 0.1) is 5.41 Å². The molecule has 0 radical (unpaired) electrons. The monoisotopic (exact) mass is 488 g/mol. The van der Waals surface area contributed by atoms with Gasteiger partial charge < -0.3 is 24.1 Å². The van der Waals surface area contributed by atoms with E-state index in [4.69, 9.17) is 9.47 Å². The van der Waals surface area contributed by atoms with E-state index >= 15 is 0 Å². The van der Waals surface area contributed by atoms with E-state index in [2.05, 4.69) is 30.7 Å². The van der Waals surface area contributed by atoms with Crippen LogP contribution in [0.5, 0.6) is 0 Å². The third-order valence-corrected chi connectivity index (χ3v) is 5.75. The highest BCUT2D eigenvalue weighted by atomic mass is 32.2. The maximum Gasteiger partial charge on any atom is 0.261 e. The van der Waals surface area contributed by atoms with Crippen molar-refractivity contribution in [2.75, 3.05) is 38.7 Å². The number of H-pyrrole nitrogens is 1. The second-order valence-corrected chi connectivity index (χ2v) is 10.3. The molecule has 33 heavy (non-hydrogen) atoms. The predicted octanol–water partition coefficient (Wildman–Crippen LogP) is 0.192. The molecule has 1 aromatic heterocycles. The average Bonchev–Trinajstić information content (AvgIpc) is 3.24. The lowest BCUT2D eigenvalue weighted by Gasteiger charge is -2.32. The number of ether oxygens (including phenoxy) is 2. The standard InChI is InChI=1S/C20H36N6O6S/c1-19(2,15-20(3,4)18-22-25-26-23-18)14-17(29)24-33(30)13-5-6-16(28)21-7-9-31-11-12-32-10-8-27/h8H,5-7,9-15H2,1-4H3,(H,21,28)(H,24,29)(H,22,23,25,26). The van der Waals surface area contributed by atoms with Crippen molar-refractivity contribution in [2.45, 2.75) is 58.8 Å². The summed E-state index contributed by atoms with van der Waals surface area (Å²) in [5.74, 6) is 0.361. The zero-order chi connectivity index (χ0) is 24.7. The summed E-state index contributed by atoms with van der Waals surface area (Å²) in [5, 5.41) is 16.7. The van der Waals surface area contributed by atoms with Gasteiger partial charge >= 0.3 is 0 Å². The van der Waals surface area contributed by atoms with Crippen molar-refractivity contribution in [2.24, 2.45) is 5.41 Å². The molecule has 13 heteroatoms. The molecule has 1 heterocycles. The molecule has 1 aromatic rings. The topological polar surface area (TPSA) is 171 Å². The van der Waals surface area contributed by atoms with Crippen LogP contribution in [0.15, 0.2) is 0 Å². The highest BCUT2D eigenvalue weighted by molar-refractivity contribution is 7.90. The van der Waals surface area contributed by atoms with Crippen LogP contribution in [-0.4, -0.2) is 82.0 Å². The van der Waals surface area contributed by atoms with Crippen molar-refractivity contribution in [1.82, 2.24) is 30.7 Å². The smallest absolute Gasteiger partial charge is 0.261 e. The second-order valence-electron chi connectivity index (χ2n) is 9.03. The van der Waals surface area contributed by atoms with Crippen LogP contribution in [0.1, 0.15) is 59.2 Å². The molecule has 1 unspecified atom stereocenters. The number of nitrogens with zero attached hydrogens (tertiary/aromatic N) is 3. The first-order valence-electron chi connectivity index (χ1n) is 10.8. The van der Waals surface area contributed by atoms with Crippen LogP contribution in [0.3, 0.4) is 0 Å². The van der Waals surface area contributed by atoms with Gasteiger partial charge in [0.1, 0.15) is 18.6 Å². The number of aromatic amines is 1. The van der Waals surface area contributed by atoms with Gasteiger partial charge in [-0.15, -0.1) is 5.10 Å². The third kappa shape index (κ3) is 13.3. The fourth-order valence-electron chi connectivity index (χ4n) is 3.50. The fourth-order valence-corrected chi connectivity index (χ4v) is 4.34. The van der Waals surface area contributed by atoms with Crippen LogP contribution >= 0.6 is 0 Å². The van der Waals surface area contributed by atoms with Gasteiger partial charge in [-0.3, -0.25) is 9.59 Å². The van der Waals surface area contributed by atoms with Crippen molar-refractivity contribution < 1.29 is 28.4 Å². The molecule has 0 bridgehead atoms. The Balaban J connectivity index is 2.18. The van der Waals surface area contributed by atoms with Gasteiger partial charge in [-0.1, -0.05) is 27.7 Å². The van der Waals surface area contributed by atoms with Crippen LogP contribution in [-0.2, 0) is 40.6 Å². The fraction of sp³-hybridized carbons (Fsp3) is 0.800. The quantitative estimate of drug-likeness (QED) is 0.148. The van der Waals surface area contributed by atoms with E-state index in [1.165, 1.54) is 0 Å². The van der Waals surface area contributed by atoms with Gasteiger partial charge in [-0.05, 0) is 22.3 Å². The Labute approximate surface area is 197 Å². The summed E-state index contributed by atoms with van der Waals surface area (Å²) in [5.41, 5.74) is -0.720. The van der Waals surface area contributed by atoms with Gasteiger partial charge in [0.2, 0.25) is 5.91 Å². The summed E-state index contributed by atoms with van der Waals surface area (Å²) in [6.45, 7) is 9.30. The van der Waals surface area contributed by atoms with Crippen LogP contribution in [0.4, 0.5) is 0 Å². The highest BCUT2D eigenvalue weighted by Crippen LogP contribution is 2.36. The lowest BCUT2D eigenvalue weighted by Crippen LogP contribution is -2.37. The molecule has 3 N–H and O–H groups in total. The van der Waals surface area contributed by atoms with Crippen molar-refractivity contribution >= 4 is 29.5 Å². The summed E-state index contributed by atoms with van der Waals surface area (Å²) in [6.07, 6.45) is 2.10. The van der Waals surface area contributed by atoms with E-state index < -0.39 is 11.4 Å². The first kappa shape index (κ1) is 28.9. The van der Waals surface area contributed by atoms with Crippen molar-refractivity contribution in [3.63, 3.8) is 0 Å². The minimum Gasteiger partial charge on any atom is -0.593 e. The minimum absolute atomic E-state index is 0.0411. The van der Waals surface area contributed by atoms with Crippen LogP contribution < -0.4 is 10.0 Å². The molecule has 0 aliphatic rings. The number of rotatable bonds is 18. The molecular weight excluding hydrogens is 452 g/mol. The molecular formula is C20H36N6O6S. The maximum absolute atomic E-state index is 12.4. The molecule has 0 saturated heterocycles. The van der Waals surface area contributed by atoms with Crippen LogP contribution in [0.25, 0.3) is 0 Å². The van der Waals surface area contributed by atoms with E-state index in [1.807, 2.05) is 27.7 Å². The van der Waals surface area contributed by atoms with E-state index in [1.54, 1.807) is 0 Å². The van der Waals surface area contributed by atoms with E-state index in [-0.39, 0.29) is 47.8 Å². The predicted molar refractivity (Wildman–Crippen MR) is 121 cm³/mol. The average molecular weight is 489 g/mol. The Morgan fingerprint density at radius 3 is 2.55 bits per heavy atom. The molecule has 0 fully saturated rings. The largest absolute Gasteiger partial charge is 0.593 e. The minimum atomic E-state index is -1.55. The number of amides is 2. The number of carbonyl (C=O) groups excluding carboxylic acids is 3. The lowest BCUT2D eigenvalue weighted by atomic mass is 9.73. The molecule has 12 nitrogen and oxygen atoms in total. The summed E-state index contributed by atoms with van der Waals surface area (Å²) in [6, 6.07) is 0. The Hall–Kier alpha value is -2.09. The van der Waals surface area contributed by atoms with E-state index in [9.17, 15) is 18.9 Å². The highest BCUT2D eigenvalue weighted by Gasteiger charge is 2.34. The van der Waals surface area contributed by atoms with Gasteiger partial charge in [0, 0.05) is 31.2 Å². The second kappa shape index (κ2) is 14.9. The Kier molecular flexibility index (Phi) is 13.1. The molecule has 0 aliphatic heterocycles. The molecule has 2 amide bonds. The number of nitrogens with one attached hydrogen (secondary N) is 3. The zero-order valence-corrected chi connectivity index (χ0v) is 20.7. The number of tetrazole rings is 1. The molecule has 188 valence electrons. The maximum atomic E-state index is 12.4. The van der Waals surface area contributed by atoms with Crippen molar-refractivity contribution in [3.05, 3.63) is 5.82 Å². The number of hydrogen-bond donors (Lipinski definition) is 3. The van der Waals surface area contributed by atoms with Gasteiger partial charge in [-0.2, -0.15) is 4.72 Å². The Morgan fingerprint density at radius 1 is 1.15 bits per heavy atom. The lowest BCUT2D eigenvalue weighted by molar-refractivity contribution is -0.122. The molecule has 0 aliphatic carbocycles.